The van der Waals surface area contributed by atoms with Gasteiger partial charge in [-0.2, -0.15) is 0 Å². The van der Waals surface area contributed by atoms with Crippen molar-refractivity contribution in [3.05, 3.63) is 70.9 Å². The molecule has 1 atom stereocenters. The topological polar surface area (TPSA) is 75.3 Å². The smallest absolute Gasteiger partial charge is 0.158 e. The highest BCUT2D eigenvalue weighted by molar-refractivity contribution is 7.16. The molecule has 0 saturated carbocycles. The Bertz CT molecular complexity index is 1080. The van der Waals surface area contributed by atoms with Gasteiger partial charge in [-0.1, -0.05) is 42.5 Å². The number of para-hydroxylation sites is 2. The number of amidine groups is 1. The first kappa shape index (κ1) is 27.1. The molecule has 2 aliphatic rings. The van der Waals surface area contributed by atoms with Crippen molar-refractivity contribution in [1.82, 2.24) is 14.8 Å². The van der Waals surface area contributed by atoms with Gasteiger partial charge in [0.1, 0.15) is 10.7 Å². The Labute approximate surface area is 211 Å². The second-order valence-corrected chi connectivity index (χ2v) is 9.30. The minimum atomic E-state index is 0. The first-order chi connectivity index (χ1) is 14.7. The van der Waals surface area contributed by atoms with Gasteiger partial charge in [0.2, 0.25) is 0 Å². The number of piperazine rings is 1. The van der Waals surface area contributed by atoms with Crippen LogP contribution in [0.5, 0.6) is 0 Å². The van der Waals surface area contributed by atoms with Crippen molar-refractivity contribution in [2.45, 2.75) is 25.8 Å². The van der Waals surface area contributed by atoms with Gasteiger partial charge in [-0.15, -0.1) is 36.2 Å². The molecule has 0 bridgehead atoms. The first-order valence-corrected chi connectivity index (χ1v) is 11.4. The highest BCUT2D eigenvalue weighted by atomic mass is 35.5. The van der Waals surface area contributed by atoms with Crippen molar-refractivity contribution in [3.8, 4) is 0 Å². The number of fused-ring (bicyclic) bond motifs is 2. The van der Waals surface area contributed by atoms with Crippen LogP contribution in [-0.2, 0) is 6.42 Å². The molecule has 0 amide bonds. The molecule has 0 aliphatic carbocycles. The second-order valence-electron chi connectivity index (χ2n) is 8.09. The van der Waals surface area contributed by atoms with E-state index in [0.29, 0.717) is 6.04 Å². The van der Waals surface area contributed by atoms with Gasteiger partial charge >= 0.3 is 0 Å². The quantitative estimate of drug-likeness (QED) is 0.549. The fraction of sp³-hybridized carbons (Fsp3) is 0.333. The van der Waals surface area contributed by atoms with E-state index in [4.69, 9.17) is 9.98 Å². The molecule has 3 aromatic rings. The van der Waals surface area contributed by atoms with E-state index in [1.807, 2.05) is 6.07 Å². The normalized spacial score (nSPS) is 17.1. The monoisotopic (exact) mass is 507 g/mol. The van der Waals surface area contributed by atoms with Gasteiger partial charge < -0.3 is 15.7 Å². The lowest BCUT2D eigenvalue weighted by molar-refractivity contribution is 0.134. The molecule has 1 aromatic heterocycles. The van der Waals surface area contributed by atoms with E-state index in [1.165, 1.54) is 5.56 Å². The number of aliphatic imine (C=N–C) groups is 1. The highest BCUT2D eigenvalue weighted by Crippen LogP contribution is 2.37. The molecule has 6 nitrogen and oxygen atoms in total. The number of likely N-dealkylation sites (N-methyl/N-ethyl adjacent to an activating group) is 1. The Morgan fingerprint density at radius 2 is 1.76 bits per heavy atom. The van der Waals surface area contributed by atoms with Crippen LogP contribution in [0.3, 0.4) is 0 Å². The third kappa shape index (κ3) is 5.86. The number of hydrogen-bond acceptors (Lipinski definition) is 6. The Hall–Kier alpha value is -2.16. The molecule has 3 heterocycles. The average Bonchev–Trinajstić information content (AvgIpc) is 3.05. The number of thiazole rings is 1. The van der Waals surface area contributed by atoms with Crippen LogP contribution in [0.15, 0.2) is 59.6 Å². The molecular formula is C24H31Cl2N5OS. The van der Waals surface area contributed by atoms with Crippen LogP contribution >= 0.6 is 36.2 Å². The Balaban J connectivity index is 0.00000128. The van der Waals surface area contributed by atoms with Crippen molar-refractivity contribution in [2.75, 3.05) is 32.0 Å². The SMILES string of the molecule is Cc1nc2c(s1)Nc1ccccc1N=C2N1CCN(C)C(CCc2ccccc2)C1.Cl.Cl.O. The summed E-state index contributed by atoms with van der Waals surface area (Å²) in [6.45, 7) is 5.04. The van der Waals surface area contributed by atoms with Crippen LogP contribution in [0.1, 0.15) is 22.7 Å². The predicted octanol–water partition coefficient (Wildman–Crippen LogP) is 4.85. The molecule has 0 spiro atoms. The van der Waals surface area contributed by atoms with Crippen molar-refractivity contribution >= 4 is 58.4 Å². The van der Waals surface area contributed by atoms with Crippen molar-refractivity contribution in [1.29, 1.82) is 0 Å². The zero-order chi connectivity index (χ0) is 20.5. The minimum Gasteiger partial charge on any atom is -0.412 e. The number of hydrogen-bond donors (Lipinski definition) is 1. The van der Waals surface area contributed by atoms with E-state index in [9.17, 15) is 0 Å². The molecule has 33 heavy (non-hydrogen) atoms. The van der Waals surface area contributed by atoms with E-state index in [2.05, 4.69) is 77.6 Å². The highest BCUT2D eigenvalue weighted by Gasteiger charge is 2.30. The third-order valence-electron chi connectivity index (χ3n) is 6.01. The summed E-state index contributed by atoms with van der Waals surface area (Å²) in [6, 6.07) is 19.6. The molecule has 2 aliphatic heterocycles. The standard InChI is InChI=1S/C24H27N5S.2ClH.H2O/c1-17-25-22-23(26-20-10-6-7-11-21(20)27-24(22)30-17)29-15-14-28(2)19(16-29)13-12-18-8-4-3-5-9-18;;;/h3-11,19,27H,12-16H2,1-2H3;2*1H;1H2. The lowest BCUT2D eigenvalue weighted by Gasteiger charge is -2.40. The van der Waals surface area contributed by atoms with Crippen LogP contribution in [0, 0.1) is 6.92 Å². The number of benzene rings is 2. The van der Waals surface area contributed by atoms with Gasteiger partial charge in [-0.05, 0) is 44.5 Å². The molecule has 9 heteroatoms. The summed E-state index contributed by atoms with van der Waals surface area (Å²) < 4.78 is 0. The van der Waals surface area contributed by atoms with E-state index >= 15 is 0 Å². The fourth-order valence-corrected chi connectivity index (χ4v) is 5.11. The summed E-state index contributed by atoms with van der Waals surface area (Å²) in [4.78, 5) is 14.9. The molecule has 1 unspecified atom stereocenters. The summed E-state index contributed by atoms with van der Waals surface area (Å²) in [5.74, 6) is 1.00. The van der Waals surface area contributed by atoms with Crippen molar-refractivity contribution < 1.29 is 5.48 Å². The maximum atomic E-state index is 5.10. The van der Waals surface area contributed by atoms with E-state index in [-0.39, 0.29) is 30.3 Å². The number of nitrogens with one attached hydrogen (secondary N) is 1. The molecule has 0 radical (unpaired) electrons. The van der Waals surface area contributed by atoms with Crippen LogP contribution in [0.25, 0.3) is 0 Å². The number of rotatable bonds is 3. The summed E-state index contributed by atoms with van der Waals surface area (Å²) in [6.07, 6.45) is 2.24. The number of anilines is 2. The van der Waals surface area contributed by atoms with Crippen LogP contribution in [0.4, 0.5) is 16.4 Å². The first-order valence-electron chi connectivity index (χ1n) is 10.6. The predicted molar refractivity (Wildman–Crippen MR) is 144 cm³/mol. The minimum absolute atomic E-state index is 0. The van der Waals surface area contributed by atoms with Crippen molar-refractivity contribution in [2.24, 2.45) is 4.99 Å². The zero-order valence-corrected chi connectivity index (χ0v) is 21.3. The molecule has 178 valence electrons. The van der Waals surface area contributed by atoms with Gasteiger partial charge in [-0.25, -0.2) is 9.98 Å². The molecule has 1 saturated heterocycles. The van der Waals surface area contributed by atoms with Gasteiger partial charge in [0.05, 0.1) is 16.4 Å². The Morgan fingerprint density at radius 1 is 1.03 bits per heavy atom. The second kappa shape index (κ2) is 11.8. The van der Waals surface area contributed by atoms with E-state index < -0.39 is 0 Å². The maximum absolute atomic E-state index is 5.10. The van der Waals surface area contributed by atoms with Crippen molar-refractivity contribution in [3.63, 3.8) is 0 Å². The Kier molecular flexibility index (Phi) is 9.70. The lowest BCUT2D eigenvalue weighted by Crippen LogP contribution is -2.53. The number of aromatic nitrogens is 1. The zero-order valence-electron chi connectivity index (χ0n) is 18.8. The molecule has 2 aromatic carbocycles. The largest absolute Gasteiger partial charge is 0.412 e. The van der Waals surface area contributed by atoms with Gasteiger partial charge in [0, 0.05) is 25.7 Å². The maximum Gasteiger partial charge on any atom is 0.158 e. The average molecular weight is 509 g/mol. The molecule has 5 rings (SSSR count). The molecule has 3 N–H and O–H groups in total. The fourth-order valence-electron chi connectivity index (χ4n) is 4.28. The van der Waals surface area contributed by atoms with Crippen LogP contribution in [-0.4, -0.2) is 58.8 Å². The number of halogens is 2. The van der Waals surface area contributed by atoms with Gasteiger partial charge in [0.15, 0.2) is 5.84 Å². The lowest BCUT2D eigenvalue weighted by atomic mass is 10.0. The summed E-state index contributed by atoms with van der Waals surface area (Å²) in [7, 11) is 2.25. The third-order valence-corrected chi connectivity index (χ3v) is 6.90. The van der Waals surface area contributed by atoms with E-state index in [1.54, 1.807) is 11.3 Å². The molecular weight excluding hydrogens is 477 g/mol. The Morgan fingerprint density at radius 3 is 2.55 bits per heavy atom. The summed E-state index contributed by atoms with van der Waals surface area (Å²) in [5.41, 5.74) is 4.42. The van der Waals surface area contributed by atoms with Crippen LogP contribution < -0.4 is 5.32 Å². The number of aryl methyl sites for hydroxylation is 2. The number of nitrogens with zero attached hydrogens (tertiary/aromatic N) is 4. The summed E-state index contributed by atoms with van der Waals surface area (Å²) in [5, 5.41) is 5.72. The van der Waals surface area contributed by atoms with Crippen LogP contribution in [0.2, 0.25) is 0 Å². The molecule has 1 fully saturated rings. The van der Waals surface area contributed by atoms with Gasteiger partial charge in [0.25, 0.3) is 0 Å². The van der Waals surface area contributed by atoms with E-state index in [0.717, 1.165) is 65.4 Å². The van der Waals surface area contributed by atoms with Gasteiger partial charge in [-0.3, -0.25) is 4.90 Å². The summed E-state index contributed by atoms with van der Waals surface area (Å²) >= 11 is 1.70.